The van der Waals surface area contributed by atoms with E-state index in [0.717, 1.165) is 11.8 Å². The van der Waals surface area contributed by atoms with Crippen LogP contribution in [0, 0.1) is 6.92 Å². The number of aryl methyl sites for hydroxylation is 1. The summed E-state index contributed by atoms with van der Waals surface area (Å²) in [5, 5.41) is 7.03. The third-order valence-electron chi connectivity index (χ3n) is 2.74. The number of anilines is 1. The molecule has 2 rings (SSSR count). The van der Waals surface area contributed by atoms with Crippen molar-refractivity contribution in [3.63, 3.8) is 0 Å². The zero-order valence-electron chi connectivity index (χ0n) is 10.5. The minimum Gasteiger partial charge on any atom is -0.386 e. The van der Waals surface area contributed by atoms with E-state index in [4.69, 9.17) is 0 Å². The summed E-state index contributed by atoms with van der Waals surface area (Å²) in [5.41, 5.74) is 1.04. The van der Waals surface area contributed by atoms with Crippen LogP contribution >= 0.6 is 0 Å². The first-order valence-corrected chi connectivity index (χ1v) is 5.64. The van der Waals surface area contributed by atoms with Crippen LogP contribution in [0.1, 0.15) is 17.0 Å². The van der Waals surface area contributed by atoms with Crippen LogP contribution in [0.4, 0.5) is 18.9 Å². The summed E-state index contributed by atoms with van der Waals surface area (Å²) in [6, 6.07) is 2.43. The average Bonchev–Trinajstić information content (AvgIpc) is 2.78. The predicted octanol–water partition coefficient (Wildman–Crippen LogP) is 2.70. The molecular weight excluding hydrogens is 257 g/mol. The summed E-state index contributed by atoms with van der Waals surface area (Å²) >= 11 is 0. The van der Waals surface area contributed by atoms with Gasteiger partial charge < -0.3 is 5.32 Å². The Balaban J connectivity index is 2.22. The van der Waals surface area contributed by atoms with Crippen molar-refractivity contribution < 1.29 is 13.2 Å². The molecule has 102 valence electrons. The van der Waals surface area contributed by atoms with Crippen LogP contribution in [-0.4, -0.2) is 21.8 Å². The first-order chi connectivity index (χ1) is 8.90. The van der Waals surface area contributed by atoms with Gasteiger partial charge >= 0.3 is 6.18 Å². The van der Waals surface area contributed by atoms with Crippen LogP contribution in [0.2, 0.25) is 0 Å². The highest BCUT2D eigenvalue weighted by Gasteiger charge is 2.32. The van der Waals surface area contributed by atoms with E-state index >= 15 is 0 Å². The van der Waals surface area contributed by atoms with E-state index in [-0.39, 0.29) is 0 Å². The third-order valence-corrected chi connectivity index (χ3v) is 2.74. The molecule has 0 bridgehead atoms. The lowest BCUT2D eigenvalue weighted by molar-refractivity contribution is -0.141. The molecule has 0 spiro atoms. The number of rotatable bonds is 3. The molecule has 0 aliphatic heterocycles. The van der Waals surface area contributed by atoms with Crippen molar-refractivity contribution in [3.05, 3.63) is 41.5 Å². The molecule has 7 heteroatoms. The molecule has 0 aromatic carbocycles. The van der Waals surface area contributed by atoms with E-state index in [1.165, 1.54) is 6.07 Å². The van der Waals surface area contributed by atoms with Gasteiger partial charge in [-0.3, -0.25) is 4.68 Å². The molecule has 0 aliphatic rings. The monoisotopic (exact) mass is 270 g/mol. The average molecular weight is 270 g/mol. The van der Waals surface area contributed by atoms with Gasteiger partial charge in [0.1, 0.15) is 5.69 Å². The van der Waals surface area contributed by atoms with Crippen LogP contribution in [0.3, 0.4) is 0 Å². The normalized spacial score (nSPS) is 11.6. The van der Waals surface area contributed by atoms with Crippen molar-refractivity contribution in [2.75, 3.05) is 12.4 Å². The maximum absolute atomic E-state index is 12.5. The number of nitrogens with zero attached hydrogens (tertiary/aromatic N) is 3. The molecule has 2 heterocycles. The molecule has 0 radical (unpaired) electrons. The van der Waals surface area contributed by atoms with Crippen molar-refractivity contribution in [1.82, 2.24) is 14.8 Å². The molecule has 0 fully saturated rings. The molecule has 1 N–H and O–H groups in total. The lowest BCUT2D eigenvalue weighted by atomic mass is 10.2. The Morgan fingerprint density at radius 1 is 1.32 bits per heavy atom. The second kappa shape index (κ2) is 4.91. The molecule has 0 unspecified atom stereocenters. The molecule has 0 aliphatic carbocycles. The van der Waals surface area contributed by atoms with Gasteiger partial charge in [-0.1, -0.05) is 6.07 Å². The van der Waals surface area contributed by atoms with Crippen LogP contribution in [-0.2, 0) is 12.7 Å². The van der Waals surface area contributed by atoms with E-state index in [1.807, 2.05) is 0 Å². The van der Waals surface area contributed by atoms with Gasteiger partial charge in [0.25, 0.3) is 0 Å². The zero-order chi connectivity index (χ0) is 14.0. The maximum atomic E-state index is 12.5. The number of hydrogen-bond acceptors (Lipinski definition) is 3. The molecule has 0 atom stereocenters. The van der Waals surface area contributed by atoms with Crippen LogP contribution in [0.25, 0.3) is 0 Å². The van der Waals surface area contributed by atoms with E-state index in [1.54, 1.807) is 31.0 Å². The standard InChI is InChI=1S/C12H13F3N4/c1-8-9(3-4-11(18-8)12(13,14)15)6-19-7-10(16-2)5-17-19/h3-5,7,16H,6H2,1-2H3. The fourth-order valence-corrected chi connectivity index (χ4v) is 1.67. The van der Waals surface area contributed by atoms with E-state index in [2.05, 4.69) is 15.4 Å². The number of alkyl halides is 3. The second-order valence-electron chi connectivity index (χ2n) is 4.12. The number of halogens is 3. The Bertz CT molecular complexity index is 575. The largest absolute Gasteiger partial charge is 0.433 e. The van der Waals surface area contributed by atoms with Crippen LogP contribution in [0.5, 0.6) is 0 Å². The number of hydrogen-bond donors (Lipinski definition) is 1. The minimum absolute atomic E-state index is 0.358. The van der Waals surface area contributed by atoms with Crippen molar-refractivity contribution in [2.45, 2.75) is 19.6 Å². The summed E-state index contributed by atoms with van der Waals surface area (Å²) in [5.74, 6) is 0. The van der Waals surface area contributed by atoms with E-state index < -0.39 is 11.9 Å². The van der Waals surface area contributed by atoms with Crippen molar-refractivity contribution in [1.29, 1.82) is 0 Å². The Kier molecular flexibility index (Phi) is 3.46. The second-order valence-corrected chi connectivity index (χ2v) is 4.12. The molecule has 2 aromatic rings. The van der Waals surface area contributed by atoms with E-state index in [9.17, 15) is 13.2 Å². The molecular formula is C12H13F3N4. The van der Waals surface area contributed by atoms with E-state index in [0.29, 0.717) is 17.8 Å². The zero-order valence-corrected chi connectivity index (χ0v) is 10.5. The summed E-state index contributed by atoms with van der Waals surface area (Å²) in [4.78, 5) is 3.59. The summed E-state index contributed by atoms with van der Waals surface area (Å²) in [6.45, 7) is 1.95. The summed E-state index contributed by atoms with van der Waals surface area (Å²) < 4.78 is 39.1. The van der Waals surface area contributed by atoms with Crippen LogP contribution in [0.15, 0.2) is 24.5 Å². The minimum atomic E-state index is -4.41. The Morgan fingerprint density at radius 2 is 2.05 bits per heavy atom. The molecule has 0 saturated heterocycles. The van der Waals surface area contributed by atoms with Gasteiger partial charge in [-0.25, -0.2) is 4.98 Å². The fourth-order valence-electron chi connectivity index (χ4n) is 1.67. The van der Waals surface area contributed by atoms with Gasteiger partial charge in [0, 0.05) is 18.9 Å². The first kappa shape index (κ1) is 13.4. The first-order valence-electron chi connectivity index (χ1n) is 5.64. The van der Waals surface area contributed by atoms with Gasteiger partial charge in [-0.05, 0) is 18.6 Å². The van der Waals surface area contributed by atoms with Gasteiger partial charge in [0.2, 0.25) is 0 Å². The highest BCUT2D eigenvalue weighted by atomic mass is 19.4. The van der Waals surface area contributed by atoms with Crippen molar-refractivity contribution in [2.24, 2.45) is 0 Å². The maximum Gasteiger partial charge on any atom is 0.433 e. The Morgan fingerprint density at radius 3 is 2.58 bits per heavy atom. The van der Waals surface area contributed by atoms with Gasteiger partial charge in [-0.15, -0.1) is 0 Å². The highest BCUT2D eigenvalue weighted by molar-refractivity contribution is 5.37. The number of aromatic nitrogens is 3. The Hall–Kier alpha value is -2.05. The SMILES string of the molecule is CNc1cnn(Cc2ccc(C(F)(F)F)nc2C)c1. The fraction of sp³-hybridized carbons (Fsp3) is 0.333. The number of pyridine rings is 1. The molecule has 0 saturated carbocycles. The molecule has 2 aromatic heterocycles. The smallest absolute Gasteiger partial charge is 0.386 e. The van der Waals surface area contributed by atoms with Gasteiger partial charge in [0.05, 0.1) is 18.4 Å². The highest BCUT2D eigenvalue weighted by Crippen LogP contribution is 2.28. The van der Waals surface area contributed by atoms with Crippen molar-refractivity contribution in [3.8, 4) is 0 Å². The predicted molar refractivity (Wildman–Crippen MR) is 64.9 cm³/mol. The molecule has 4 nitrogen and oxygen atoms in total. The quantitative estimate of drug-likeness (QED) is 0.932. The summed E-state index contributed by atoms with van der Waals surface area (Å²) in [7, 11) is 1.77. The summed E-state index contributed by atoms with van der Waals surface area (Å²) in [6.07, 6.45) is -0.988. The molecule has 0 amide bonds. The topological polar surface area (TPSA) is 42.7 Å². The van der Waals surface area contributed by atoms with Gasteiger partial charge in [-0.2, -0.15) is 18.3 Å². The Labute approximate surface area is 108 Å². The van der Waals surface area contributed by atoms with Crippen molar-refractivity contribution >= 4 is 5.69 Å². The van der Waals surface area contributed by atoms with Crippen LogP contribution < -0.4 is 5.32 Å². The van der Waals surface area contributed by atoms with Gasteiger partial charge in [0.15, 0.2) is 0 Å². The lowest BCUT2D eigenvalue weighted by Gasteiger charge is -2.10. The lowest BCUT2D eigenvalue weighted by Crippen LogP contribution is -2.11. The number of nitrogens with one attached hydrogen (secondary N) is 1. The molecule has 19 heavy (non-hydrogen) atoms. The third kappa shape index (κ3) is 3.04.